The first-order valence-electron chi connectivity index (χ1n) is 8.72. The Morgan fingerprint density at radius 1 is 1.38 bits per heavy atom. The zero-order valence-electron chi connectivity index (χ0n) is 15.5. The van der Waals surface area contributed by atoms with Crippen LogP contribution in [0.3, 0.4) is 0 Å². The molecular weight excluding hydrogens is 337 g/mol. The van der Waals surface area contributed by atoms with E-state index in [1.807, 2.05) is 13.8 Å². The highest BCUT2D eigenvalue weighted by Gasteiger charge is 2.32. The van der Waals surface area contributed by atoms with Crippen LogP contribution in [0.4, 0.5) is 4.39 Å². The number of carbonyl (C=O) groups excluding carboxylic acids is 1. The van der Waals surface area contributed by atoms with Gasteiger partial charge in [0, 0.05) is 26.1 Å². The van der Waals surface area contributed by atoms with E-state index in [4.69, 9.17) is 9.47 Å². The molecule has 1 aliphatic heterocycles. The molecule has 26 heavy (non-hydrogen) atoms. The molecule has 1 amide bonds. The maximum absolute atomic E-state index is 12.9. The van der Waals surface area contributed by atoms with Gasteiger partial charge in [0.1, 0.15) is 23.9 Å². The summed E-state index contributed by atoms with van der Waals surface area (Å²) in [5.41, 5.74) is 2.41. The predicted molar refractivity (Wildman–Crippen MR) is 94.7 cm³/mol. The second kappa shape index (κ2) is 7.45. The fourth-order valence-electron chi connectivity index (χ4n) is 3.25. The van der Waals surface area contributed by atoms with Gasteiger partial charge in [0.25, 0.3) is 5.91 Å². The summed E-state index contributed by atoms with van der Waals surface area (Å²) in [5, 5.41) is 4.48. The summed E-state index contributed by atoms with van der Waals surface area (Å²) in [4.78, 5) is 14.5. The molecule has 0 radical (unpaired) electrons. The van der Waals surface area contributed by atoms with Crippen LogP contribution >= 0.6 is 0 Å². The lowest BCUT2D eigenvalue weighted by atomic mass is 9.99. The van der Waals surface area contributed by atoms with Crippen molar-refractivity contribution < 1.29 is 18.7 Å². The SMILES string of the molecule is C[C@@H]1Cc2c(nn(C)c2C(=O)N(C)CCOc2ccc(F)cc2)[C@H](C)O1. The molecule has 0 bridgehead atoms. The van der Waals surface area contributed by atoms with Gasteiger partial charge in [0.15, 0.2) is 0 Å². The Morgan fingerprint density at radius 2 is 2.08 bits per heavy atom. The second-order valence-corrected chi connectivity index (χ2v) is 6.66. The molecule has 1 aromatic carbocycles. The lowest BCUT2D eigenvalue weighted by Gasteiger charge is -2.25. The molecule has 2 atom stereocenters. The number of hydrogen-bond donors (Lipinski definition) is 0. The monoisotopic (exact) mass is 361 g/mol. The van der Waals surface area contributed by atoms with E-state index in [-0.39, 0.29) is 23.9 Å². The minimum atomic E-state index is -0.307. The number of likely N-dealkylation sites (N-methyl/N-ethyl adjacent to an activating group) is 1. The fraction of sp³-hybridized carbons (Fsp3) is 0.474. The third-order valence-corrected chi connectivity index (χ3v) is 4.55. The van der Waals surface area contributed by atoms with Crippen molar-refractivity contribution in [3.8, 4) is 5.75 Å². The van der Waals surface area contributed by atoms with Gasteiger partial charge in [-0.25, -0.2) is 4.39 Å². The van der Waals surface area contributed by atoms with E-state index in [9.17, 15) is 9.18 Å². The maximum atomic E-state index is 12.9. The topological polar surface area (TPSA) is 56.6 Å². The molecule has 2 heterocycles. The average Bonchev–Trinajstić information content (AvgIpc) is 2.92. The summed E-state index contributed by atoms with van der Waals surface area (Å²) in [7, 11) is 3.52. The van der Waals surface area contributed by atoms with Crippen LogP contribution in [0.25, 0.3) is 0 Å². The zero-order valence-corrected chi connectivity index (χ0v) is 15.5. The van der Waals surface area contributed by atoms with Crippen LogP contribution in [0.2, 0.25) is 0 Å². The smallest absolute Gasteiger partial charge is 0.272 e. The molecule has 0 aliphatic carbocycles. The first-order valence-corrected chi connectivity index (χ1v) is 8.72. The Hall–Kier alpha value is -2.41. The molecule has 0 saturated heterocycles. The van der Waals surface area contributed by atoms with Crippen molar-refractivity contribution in [2.45, 2.75) is 32.5 Å². The number of nitrogens with zero attached hydrogens (tertiary/aromatic N) is 3. The molecule has 1 aliphatic rings. The van der Waals surface area contributed by atoms with Crippen LogP contribution in [-0.2, 0) is 18.2 Å². The zero-order chi connectivity index (χ0) is 18.8. The molecule has 0 N–H and O–H groups in total. The molecule has 2 aromatic rings. The predicted octanol–water partition coefficient (Wildman–Crippen LogP) is 2.73. The second-order valence-electron chi connectivity index (χ2n) is 6.66. The summed E-state index contributed by atoms with van der Waals surface area (Å²) >= 11 is 0. The summed E-state index contributed by atoms with van der Waals surface area (Å²) in [5.74, 6) is 0.174. The number of halogens is 1. The summed E-state index contributed by atoms with van der Waals surface area (Å²) in [6.45, 7) is 4.69. The van der Waals surface area contributed by atoms with E-state index < -0.39 is 0 Å². The Kier molecular flexibility index (Phi) is 5.27. The Balaban J connectivity index is 1.66. The molecule has 0 unspecified atom stereocenters. The fourth-order valence-corrected chi connectivity index (χ4v) is 3.25. The van der Waals surface area contributed by atoms with Gasteiger partial charge < -0.3 is 14.4 Å². The summed E-state index contributed by atoms with van der Waals surface area (Å²) in [6.07, 6.45) is 0.614. The standard InChI is InChI=1S/C19H24FN3O3/c1-12-11-16-17(13(2)26-12)21-23(4)18(16)19(24)22(3)9-10-25-15-7-5-14(20)6-8-15/h5-8,12-13H,9-11H2,1-4H3/t12-,13+/m1/s1. The molecule has 1 aromatic heterocycles. The third-order valence-electron chi connectivity index (χ3n) is 4.55. The highest BCUT2D eigenvalue weighted by molar-refractivity contribution is 5.94. The summed E-state index contributed by atoms with van der Waals surface area (Å²) in [6, 6.07) is 5.82. The Morgan fingerprint density at radius 3 is 2.77 bits per heavy atom. The van der Waals surface area contributed by atoms with Crippen LogP contribution in [0.5, 0.6) is 5.75 Å². The number of aromatic nitrogens is 2. The number of aryl methyl sites for hydroxylation is 1. The van der Waals surface area contributed by atoms with Gasteiger partial charge in [0.05, 0.1) is 24.4 Å². The van der Waals surface area contributed by atoms with Gasteiger partial charge in [0.2, 0.25) is 0 Å². The van der Waals surface area contributed by atoms with E-state index in [1.54, 1.807) is 35.8 Å². The largest absolute Gasteiger partial charge is 0.492 e. The highest BCUT2D eigenvalue weighted by Crippen LogP contribution is 2.31. The molecule has 140 valence electrons. The van der Waals surface area contributed by atoms with E-state index in [1.165, 1.54) is 12.1 Å². The quantitative estimate of drug-likeness (QED) is 0.822. The number of rotatable bonds is 5. The molecule has 3 rings (SSSR count). The van der Waals surface area contributed by atoms with Gasteiger partial charge in [-0.1, -0.05) is 0 Å². The molecule has 0 saturated carbocycles. The van der Waals surface area contributed by atoms with Crippen LogP contribution in [0, 0.1) is 5.82 Å². The van der Waals surface area contributed by atoms with E-state index in [2.05, 4.69) is 5.10 Å². The van der Waals surface area contributed by atoms with E-state index in [0.717, 1.165) is 11.3 Å². The lowest BCUT2D eigenvalue weighted by Crippen LogP contribution is -2.33. The van der Waals surface area contributed by atoms with E-state index >= 15 is 0 Å². The van der Waals surface area contributed by atoms with Crippen molar-refractivity contribution in [1.29, 1.82) is 0 Å². The van der Waals surface area contributed by atoms with Crippen molar-refractivity contribution in [3.05, 3.63) is 47.0 Å². The van der Waals surface area contributed by atoms with Crippen molar-refractivity contribution >= 4 is 5.91 Å². The van der Waals surface area contributed by atoms with Crippen LogP contribution in [0.15, 0.2) is 24.3 Å². The molecule has 0 spiro atoms. The normalized spacial score (nSPS) is 19.1. The number of fused-ring (bicyclic) bond motifs is 1. The molecule has 7 heteroatoms. The number of amides is 1. The van der Waals surface area contributed by atoms with Gasteiger partial charge >= 0.3 is 0 Å². The highest BCUT2D eigenvalue weighted by atomic mass is 19.1. The molecule has 0 fully saturated rings. The number of benzene rings is 1. The Labute approximate surface area is 152 Å². The lowest BCUT2D eigenvalue weighted by molar-refractivity contribution is -0.00713. The Bertz CT molecular complexity index is 788. The summed E-state index contributed by atoms with van der Waals surface area (Å²) < 4.78 is 25.9. The molecule has 6 nitrogen and oxygen atoms in total. The maximum Gasteiger partial charge on any atom is 0.272 e. The van der Waals surface area contributed by atoms with Crippen molar-refractivity contribution in [3.63, 3.8) is 0 Å². The molecular formula is C19H24FN3O3. The van der Waals surface area contributed by atoms with Gasteiger partial charge in [-0.2, -0.15) is 5.10 Å². The first-order chi connectivity index (χ1) is 12.4. The number of carbonyl (C=O) groups is 1. The van der Waals surface area contributed by atoms with E-state index in [0.29, 0.717) is 31.0 Å². The van der Waals surface area contributed by atoms with Crippen molar-refractivity contribution in [2.75, 3.05) is 20.2 Å². The van der Waals surface area contributed by atoms with Gasteiger partial charge in [-0.05, 0) is 38.1 Å². The van der Waals surface area contributed by atoms with Gasteiger partial charge in [-0.15, -0.1) is 0 Å². The minimum Gasteiger partial charge on any atom is -0.492 e. The minimum absolute atomic E-state index is 0.0559. The van der Waals surface area contributed by atoms with Crippen LogP contribution < -0.4 is 4.74 Å². The van der Waals surface area contributed by atoms with Crippen LogP contribution in [0.1, 0.15) is 41.7 Å². The van der Waals surface area contributed by atoms with Gasteiger partial charge in [-0.3, -0.25) is 9.48 Å². The average molecular weight is 361 g/mol. The van der Waals surface area contributed by atoms with Crippen molar-refractivity contribution in [2.24, 2.45) is 7.05 Å². The first kappa shape index (κ1) is 18.4. The number of hydrogen-bond acceptors (Lipinski definition) is 4. The third kappa shape index (κ3) is 3.72. The number of ether oxygens (including phenoxy) is 2. The van der Waals surface area contributed by atoms with Crippen LogP contribution in [-0.4, -0.2) is 46.9 Å². The van der Waals surface area contributed by atoms with Crippen molar-refractivity contribution in [1.82, 2.24) is 14.7 Å².